The lowest BCUT2D eigenvalue weighted by Crippen LogP contribution is -2.31. The minimum absolute atomic E-state index is 0.0675. The van der Waals surface area contributed by atoms with Gasteiger partial charge in [-0.3, -0.25) is 15.1 Å². The molecule has 1 fully saturated rings. The standard InChI is InChI=1S/C21H22N6O2/c1-16-6-5-7-19(14-16)26-20(23-24-25-26)21(12-3-2-4-13-21)22-15-17-8-10-18(11-9-17)27(28)29/h5-11,14-15H,2-4,12-13H2,1H3. The predicted octanol–water partition coefficient (Wildman–Crippen LogP) is 4.16. The van der Waals surface area contributed by atoms with Gasteiger partial charge in [-0.1, -0.05) is 31.4 Å². The third-order valence-electron chi connectivity index (χ3n) is 5.38. The number of nitro benzene ring substituents is 1. The molecule has 29 heavy (non-hydrogen) atoms. The van der Waals surface area contributed by atoms with Crippen LogP contribution in [-0.4, -0.2) is 31.3 Å². The third-order valence-corrected chi connectivity index (χ3v) is 5.38. The van der Waals surface area contributed by atoms with Crippen molar-refractivity contribution in [1.82, 2.24) is 20.2 Å². The van der Waals surface area contributed by atoms with Crippen molar-refractivity contribution in [2.45, 2.75) is 44.6 Å². The maximum absolute atomic E-state index is 10.9. The minimum atomic E-state index is -0.507. The lowest BCUT2D eigenvalue weighted by molar-refractivity contribution is -0.384. The first-order valence-corrected chi connectivity index (χ1v) is 9.73. The van der Waals surface area contributed by atoms with E-state index in [9.17, 15) is 10.1 Å². The van der Waals surface area contributed by atoms with E-state index in [1.165, 1.54) is 18.6 Å². The number of nitrogens with zero attached hydrogens (tertiary/aromatic N) is 6. The Bertz CT molecular complexity index is 1040. The Kier molecular flexibility index (Phi) is 5.16. The summed E-state index contributed by atoms with van der Waals surface area (Å²) in [4.78, 5) is 15.4. The molecule has 0 amide bonds. The van der Waals surface area contributed by atoms with Crippen LogP contribution in [0.1, 0.15) is 49.1 Å². The molecule has 2 aromatic carbocycles. The van der Waals surface area contributed by atoms with Crippen molar-refractivity contribution in [3.8, 4) is 5.69 Å². The zero-order chi connectivity index (χ0) is 20.3. The van der Waals surface area contributed by atoms with E-state index in [1.807, 2.05) is 25.1 Å². The Morgan fingerprint density at radius 3 is 2.59 bits per heavy atom. The van der Waals surface area contributed by atoms with Crippen molar-refractivity contribution >= 4 is 11.9 Å². The second-order valence-corrected chi connectivity index (χ2v) is 7.45. The van der Waals surface area contributed by atoms with Gasteiger partial charge in [-0.05, 0) is 65.6 Å². The van der Waals surface area contributed by atoms with Gasteiger partial charge in [0.2, 0.25) is 0 Å². The van der Waals surface area contributed by atoms with E-state index in [0.29, 0.717) is 0 Å². The largest absolute Gasteiger partial charge is 0.278 e. The maximum atomic E-state index is 10.9. The van der Waals surface area contributed by atoms with Gasteiger partial charge in [0.05, 0.1) is 10.6 Å². The zero-order valence-electron chi connectivity index (χ0n) is 16.2. The SMILES string of the molecule is Cc1cccc(-n2nnnc2C2(N=Cc3ccc([N+](=O)[O-])cc3)CCCCC2)c1. The fourth-order valence-corrected chi connectivity index (χ4v) is 3.84. The molecule has 0 unspecified atom stereocenters. The summed E-state index contributed by atoms with van der Waals surface area (Å²) in [6, 6.07) is 14.5. The fourth-order valence-electron chi connectivity index (χ4n) is 3.84. The summed E-state index contributed by atoms with van der Waals surface area (Å²) in [5.41, 5.74) is 2.43. The van der Waals surface area contributed by atoms with Crippen LogP contribution in [0.5, 0.6) is 0 Å². The summed E-state index contributed by atoms with van der Waals surface area (Å²) in [5.74, 6) is 0.737. The molecule has 148 valence electrons. The van der Waals surface area contributed by atoms with Crippen molar-refractivity contribution in [3.63, 3.8) is 0 Å². The first-order chi connectivity index (χ1) is 14.1. The Hall–Kier alpha value is -3.42. The van der Waals surface area contributed by atoms with Crippen LogP contribution in [0.2, 0.25) is 0 Å². The molecule has 1 aliphatic carbocycles. The molecule has 8 heteroatoms. The van der Waals surface area contributed by atoms with Crippen molar-refractivity contribution in [2.24, 2.45) is 4.99 Å². The molecule has 3 aromatic rings. The van der Waals surface area contributed by atoms with E-state index in [4.69, 9.17) is 4.99 Å². The molecule has 0 saturated heterocycles. The number of rotatable bonds is 5. The van der Waals surface area contributed by atoms with E-state index < -0.39 is 10.5 Å². The molecule has 0 bridgehead atoms. The number of aromatic nitrogens is 4. The average Bonchev–Trinajstić information content (AvgIpc) is 3.24. The number of nitro groups is 1. The van der Waals surface area contributed by atoms with Crippen molar-refractivity contribution in [1.29, 1.82) is 0 Å². The van der Waals surface area contributed by atoms with Gasteiger partial charge in [-0.2, -0.15) is 4.68 Å². The van der Waals surface area contributed by atoms with E-state index >= 15 is 0 Å². The molecule has 0 aliphatic heterocycles. The van der Waals surface area contributed by atoms with Gasteiger partial charge in [0.25, 0.3) is 5.69 Å². The fraction of sp³-hybridized carbons (Fsp3) is 0.333. The number of benzene rings is 2. The molecular formula is C21H22N6O2. The molecule has 0 spiro atoms. The molecular weight excluding hydrogens is 368 g/mol. The van der Waals surface area contributed by atoms with Gasteiger partial charge in [-0.25, -0.2) is 0 Å². The number of hydrogen-bond donors (Lipinski definition) is 0. The first-order valence-electron chi connectivity index (χ1n) is 9.73. The monoisotopic (exact) mass is 390 g/mol. The molecule has 1 aliphatic rings. The Morgan fingerprint density at radius 1 is 1.14 bits per heavy atom. The van der Waals surface area contributed by atoms with Crippen molar-refractivity contribution in [3.05, 3.63) is 75.6 Å². The van der Waals surface area contributed by atoms with Crippen LogP contribution in [0, 0.1) is 17.0 Å². The van der Waals surface area contributed by atoms with Crippen LogP contribution in [0.25, 0.3) is 5.69 Å². The summed E-state index contributed by atoms with van der Waals surface area (Å²) in [6.07, 6.45) is 6.78. The maximum Gasteiger partial charge on any atom is 0.269 e. The van der Waals surface area contributed by atoms with Gasteiger partial charge in [0.15, 0.2) is 5.82 Å². The number of aryl methyl sites for hydroxylation is 1. The van der Waals surface area contributed by atoms with E-state index in [2.05, 4.69) is 21.6 Å². The smallest absolute Gasteiger partial charge is 0.269 e. The van der Waals surface area contributed by atoms with Crippen LogP contribution in [0.4, 0.5) is 5.69 Å². The summed E-state index contributed by atoms with van der Waals surface area (Å²) in [6.45, 7) is 2.04. The highest BCUT2D eigenvalue weighted by Gasteiger charge is 2.38. The van der Waals surface area contributed by atoms with Gasteiger partial charge in [0, 0.05) is 18.3 Å². The highest BCUT2D eigenvalue weighted by molar-refractivity contribution is 5.80. The molecule has 1 heterocycles. The lowest BCUT2D eigenvalue weighted by atomic mass is 9.81. The van der Waals surface area contributed by atoms with Gasteiger partial charge in [0.1, 0.15) is 5.54 Å². The topological polar surface area (TPSA) is 99.1 Å². The predicted molar refractivity (Wildman–Crippen MR) is 109 cm³/mol. The summed E-state index contributed by atoms with van der Waals surface area (Å²) in [5, 5.41) is 23.4. The quantitative estimate of drug-likeness (QED) is 0.370. The number of non-ortho nitro benzene ring substituents is 1. The molecule has 8 nitrogen and oxygen atoms in total. The van der Waals surface area contributed by atoms with Gasteiger partial charge < -0.3 is 0 Å². The van der Waals surface area contributed by atoms with Crippen molar-refractivity contribution in [2.75, 3.05) is 0 Å². The zero-order valence-corrected chi connectivity index (χ0v) is 16.2. The first kappa shape index (κ1) is 18.9. The molecule has 1 saturated carbocycles. The van der Waals surface area contributed by atoms with Gasteiger partial charge >= 0.3 is 0 Å². The molecule has 0 atom stereocenters. The Labute approximate surface area is 168 Å². The van der Waals surface area contributed by atoms with Crippen LogP contribution in [0.15, 0.2) is 53.5 Å². The van der Waals surface area contributed by atoms with Crippen LogP contribution < -0.4 is 0 Å². The third kappa shape index (κ3) is 3.91. The summed E-state index contributed by atoms with van der Waals surface area (Å²) < 4.78 is 1.78. The van der Waals surface area contributed by atoms with E-state index in [-0.39, 0.29) is 5.69 Å². The lowest BCUT2D eigenvalue weighted by Gasteiger charge is -2.32. The van der Waals surface area contributed by atoms with E-state index in [0.717, 1.165) is 48.3 Å². The number of aliphatic imine (C=N–C) groups is 1. The average molecular weight is 390 g/mol. The Balaban J connectivity index is 1.71. The molecule has 0 radical (unpaired) electrons. The molecule has 4 rings (SSSR count). The Morgan fingerprint density at radius 2 is 1.90 bits per heavy atom. The van der Waals surface area contributed by atoms with E-state index in [1.54, 1.807) is 23.0 Å². The highest BCUT2D eigenvalue weighted by atomic mass is 16.6. The minimum Gasteiger partial charge on any atom is -0.278 e. The normalized spacial score (nSPS) is 16.2. The van der Waals surface area contributed by atoms with Crippen LogP contribution >= 0.6 is 0 Å². The van der Waals surface area contributed by atoms with Crippen LogP contribution in [-0.2, 0) is 5.54 Å². The highest BCUT2D eigenvalue weighted by Crippen LogP contribution is 2.40. The second kappa shape index (κ2) is 7.90. The molecule has 0 N–H and O–H groups in total. The summed E-state index contributed by atoms with van der Waals surface area (Å²) in [7, 11) is 0. The summed E-state index contributed by atoms with van der Waals surface area (Å²) >= 11 is 0. The van der Waals surface area contributed by atoms with Crippen LogP contribution in [0.3, 0.4) is 0 Å². The molecule has 1 aromatic heterocycles. The van der Waals surface area contributed by atoms with Crippen molar-refractivity contribution < 1.29 is 4.92 Å². The van der Waals surface area contributed by atoms with Gasteiger partial charge in [-0.15, -0.1) is 5.10 Å². The number of tetrazole rings is 1. The number of hydrogen-bond acceptors (Lipinski definition) is 6. The second-order valence-electron chi connectivity index (χ2n) is 7.45.